The van der Waals surface area contributed by atoms with Crippen LogP contribution in [0.5, 0.6) is 0 Å². The van der Waals surface area contributed by atoms with Crippen LogP contribution >= 0.6 is 12.4 Å². The Morgan fingerprint density at radius 3 is 1.82 bits per heavy atom. The van der Waals surface area contributed by atoms with Crippen molar-refractivity contribution < 1.29 is 0 Å². The molecule has 0 fully saturated rings. The predicted octanol–water partition coefficient (Wildman–Crippen LogP) is 1.54. The van der Waals surface area contributed by atoms with Crippen LogP contribution in [-0.4, -0.2) is 15.0 Å². The number of unbranched alkanes of at least 4 members (excludes halogenated alkanes) is 5. The van der Waals surface area contributed by atoms with Gasteiger partial charge >= 0.3 is 0 Å². The summed E-state index contributed by atoms with van der Waals surface area (Å²) in [4.78, 5) is 0. The van der Waals surface area contributed by atoms with Gasteiger partial charge < -0.3 is 5.73 Å². The molecule has 11 heavy (non-hydrogen) atoms. The van der Waals surface area contributed by atoms with E-state index in [4.69, 9.17) is 5.73 Å². The summed E-state index contributed by atoms with van der Waals surface area (Å²) in [7, 11) is 0. The molecule has 0 heterocycles. The zero-order chi connectivity index (χ0) is 6.95. The monoisotopic (exact) mass is 179 g/mol. The molecule has 0 saturated heterocycles. The van der Waals surface area contributed by atoms with Crippen LogP contribution in [0.25, 0.3) is 0 Å². The summed E-state index contributed by atoms with van der Waals surface area (Å²) in [6.45, 7) is 3.11. The van der Waals surface area contributed by atoms with Gasteiger partial charge in [-0.15, -0.1) is 12.4 Å². The summed E-state index contributed by atoms with van der Waals surface area (Å²) < 4.78 is 0. The summed E-state index contributed by atoms with van der Waals surface area (Å²) in [5.74, 6) is 0. The van der Waals surface area contributed by atoms with Crippen LogP contribution in [0, 0.1) is 0 Å². The molecule has 0 saturated carbocycles. The number of nitrogens with two attached hydrogens (primary N) is 1. The Labute approximate surface area is 79.1 Å². The normalized spacial score (nSPS) is 8.18. The second-order valence-electron chi connectivity index (χ2n) is 2.56. The highest BCUT2D eigenvalue weighted by Crippen LogP contribution is 2.03. The molecule has 0 bridgehead atoms. The Kier molecular flexibility index (Phi) is 26.5. The molecule has 0 amide bonds. The molecule has 1 nitrogen and oxygen atoms in total. The highest BCUT2D eigenvalue weighted by Gasteiger charge is 1.85. The van der Waals surface area contributed by atoms with Gasteiger partial charge in [0.05, 0.1) is 8.41 Å². The van der Waals surface area contributed by atoms with Crippen LogP contribution in [-0.2, 0) is 0 Å². The molecule has 0 aromatic heterocycles. The van der Waals surface area contributed by atoms with E-state index in [1.165, 1.54) is 38.5 Å². The van der Waals surface area contributed by atoms with Gasteiger partial charge in [0.2, 0.25) is 0 Å². The van der Waals surface area contributed by atoms with E-state index in [-0.39, 0.29) is 20.8 Å². The molecule has 0 aromatic rings. The molecular weight excluding hydrogens is 156 g/mol. The fraction of sp³-hybridized carbons (Fsp3) is 1.00. The number of rotatable bonds is 6. The van der Waals surface area contributed by atoms with Crippen molar-refractivity contribution in [2.24, 2.45) is 5.73 Å². The van der Waals surface area contributed by atoms with E-state index in [1.54, 1.807) is 0 Å². The molecule has 0 unspecified atom stereocenters. The van der Waals surface area contributed by atoms with Crippen molar-refractivity contribution >= 4 is 20.8 Å². The average Bonchev–Trinajstić information content (AvgIpc) is 1.89. The van der Waals surface area contributed by atoms with Gasteiger partial charge in [0.1, 0.15) is 0 Å². The van der Waals surface area contributed by atoms with Gasteiger partial charge in [0.15, 0.2) is 0 Å². The first-order valence-electron chi connectivity index (χ1n) is 4.12. The molecule has 2 N–H and O–H groups in total. The van der Waals surface area contributed by atoms with Crippen LogP contribution in [0.1, 0.15) is 45.4 Å². The molecule has 70 valence electrons. The Morgan fingerprint density at radius 2 is 1.36 bits per heavy atom. The Balaban J connectivity index is -0.000000320. The van der Waals surface area contributed by atoms with Crippen molar-refractivity contribution in [2.75, 3.05) is 6.54 Å². The average molecular weight is 180 g/mol. The molecule has 3 heteroatoms. The number of halogens is 1. The lowest BCUT2D eigenvalue weighted by atomic mass is 10.1. The SMILES string of the molecule is B.CCCCCCCCN.Cl. The quantitative estimate of drug-likeness (QED) is 0.486. The first-order valence-corrected chi connectivity index (χ1v) is 4.12. The minimum absolute atomic E-state index is 0. The Hall–Kier alpha value is 0.315. The summed E-state index contributed by atoms with van der Waals surface area (Å²) >= 11 is 0. The summed E-state index contributed by atoms with van der Waals surface area (Å²) in [5.41, 5.74) is 5.34. The molecule has 0 aliphatic rings. The lowest BCUT2D eigenvalue weighted by Gasteiger charge is -1.96. The zero-order valence-electron chi connectivity index (χ0n) is 6.94. The van der Waals surface area contributed by atoms with Crippen LogP contribution in [0.15, 0.2) is 0 Å². The zero-order valence-corrected chi connectivity index (χ0v) is 7.75. The second-order valence-corrected chi connectivity index (χ2v) is 2.56. The van der Waals surface area contributed by atoms with E-state index in [0.717, 1.165) is 6.54 Å². The lowest BCUT2D eigenvalue weighted by Crippen LogP contribution is -1.97. The van der Waals surface area contributed by atoms with E-state index in [2.05, 4.69) is 6.92 Å². The highest BCUT2D eigenvalue weighted by atomic mass is 35.5. The third-order valence-electron chi connectivity index (χ3n) is 1.56. The maximum Gasteiger partial charge on any atom is 0.0814 e. The van der Waals surface area contributed by atoms with Gasteiger partial charge in [-0.25, -0.2) is 0 Å². The molecule has 0 atom stereocenters. The topological polar surface area (TPSA) is 26.0 Å². The van der Waals surface area contributed by atoms with Crippen LogP contribution in [0.2, 0.25) is 0 Å². The fourth-order valence-electron chi connectivity index (χ4n) is 0.925. The van der Waals surface area contributed by atoms with E-state index in [1.807, 2.05) is 0 Å². The summed E-state index contributed by atoms with van der Waals surface area (Å²) in [6.07, 6.45) is 8.05. The van der Waals surface area contributed by atoms with Gasteiger partial charge in [-0.3, -0.25) is 0 Å². The van der Waals surface area contributed by atoms with E-state index >= 15 is 0 Å². The highest BCUT2D eigenvalue weighted by molar-refractivity contribution is 5.85. The van der Waals surface area contributed by atoms with Crippen molar-refractivity contribution in [3.05, 3.63) is 0 Å². The van der Waals surface area contributed by atoms with Gasteiger partial charge in [-0.1, -0.05) is 39.0 Å². The molecule has 0 aromatic carbocycles. The van der Waals surface area contributed by atoms with Crippen molar-refractivity contribution in [2.45, 2.75) is 45.4 Å². The predicted molar refractivity (Wildman–Crippen MR) is 59.6 cm³/mol. The van der Waals surface area contributed by atoms with Crippen LogP contribution in [0.4, 0.5) is 0 Å². The molecule has 0 aliphatic carbocycles. The summed E-state index contributed by atoms with van der Waals surface area (Å²) in [6, 6.07) is 0. The maximum atomic E-state index is 5.34. The molecule has 0 aliphatic heterocycles. The van der Waals surface area contributed by atoms with Gasteiger partial charge in [-0.2, -0.15) is 0 Å². The number of hydrogen-bond acceptors (Lipinski definition) is 1. The summed E-state index contributed by atoms with van der Waals surface area (Å²) in [5, 5.41) is 0. The fourth-order valence-corrected chi connectivity index (χ4v) is 0.925. The lowest BCUT2D eigenvalue weighted by molar-refractivity contribution is 0.612. The standard InChI is InChI=1S/C8H19N.BH3.ClH/c1-2-3-4-5-6-7-8-9;;/h2-9H2,1H3;1H3;1H. The second kappa shape index (κ2) is 16.7. The first-order chi connectivity index (χ1) is 4.41. The van der Waals surface area contributed by atoms with Gasteiger partial charge in [0.25, 0.3) is 0 Å². The minimum atomic E-state index is 0. The van der Waals surface area contributed by atoms with Crippen molar-refractivity contribution in [3.63, 3.8) is 0 Å². The van der Waals surface area contributed by atoms with Crippen molar-refractivity contribution in [3.8, 4) is 0 Å². The largest absolute Gasteiger partial charge is 0.330 e. The van der Waals surface area contributed by atoms with Crippen LogP contribution < -0.4 is 5.73 Å². The van der Waals surface area contributed by atoms with E-state index in [9.17, 15) is 0 Å². The van der Waals surface area contributed by atoms with E-state index < -0.39 is 0 Å². The van der Waals surface area contributed by atoms with Crippen LogP contribution in [0.3, 0.4) is 0 Å². The third kappa shape index (κ3) is 17.9. The van der Waals surface area contributed by atoms with E-state index in [0.29, 0.717) is 0 Å². The molecular formula is C8H23BClN. The smallest absolute Gasteiger partial charge is 0.0814 e. The van der Waals surface area contributed by atoms with Gasteiger partial charge in [0, 0.05) is 0 Å². The van der Waals surface area contributed by atoms with Crippen molar-refractivity contribution in [1.29, 1.82) is 0 Å². The first kappa shape index (κ1) is 17.4. The molecule has 0 spiro atoms. The Bertz CT molecular complexity index is 47.4. The maximum absolute atomic E-state index is 5.34. The molecule has 0 rings (SSSR count). The Morgan fingerprint density at radius 1 is 0.909 bits per heavy atom. The minimum Gasteiger partial charge on any atom is -0.330 e. The van der Waals surface area contributed by atoms with Crippen molar-refractivity contribution in [1.82, 2.24) is 0 Å². The molecule has 0 radical (unpaired) electrons. The number of hydrogen-bond donors (Lipinski definition) is 1. The van der Waals surface area contributed by atoms with Gasteiger partial charge in [-0.05, 0) is 13.0 Å². The third-order valence-corrected chi connectivity index (χ3v) is 1.56.